The Morgan fingerprint density at radius 2 is 1.77 bits per heavy atom. The molecule has 0 saturated heterocycles. The third kappa shape index (κ3) is 4.13. The normalized spacial score (nSPS) is 10.7. The van der Waals surface area contributed by atoms with Gasteiger partial charge in [-0.05, 0) is 48.7 Å². The summed E-state index contributed by atoms with van der Waals surface area (Å²) in [7, 11) is 0. The smallest absolute Gasteiger partial charge is 0.333 e. The molecular formula is C22H17N3O4S. The van der Waals surface area contributed by atoms with Crippen LogP contribution in [0.1, 0.15) is 15.4 Å². The van der Waals surface area contributed by atoms with E-state index in [1.54, 1.807) is 55.5 Å². The lowest BCUT2D eigenvalue weighted by Gasteiger charge is -2.09. The number of anilines is 1. The lowest BCUT2D eigenvalue weighted by atomic mass is 10.1. The highest BCUT2D eigenvalue weighted by Crippen LogP contribution is 2.18. The van der Waals surface area contributed by atoms with Crippen molar-refractivity contribution in [1.29, 1.82) is 0 Å². The Balaban J connectivity index is 1.43. The van der Waals surface area contributed by atoms with Crippen molar-refractivity contribution >= 4 is 39.7 Å². The van der Waals surface area contributed by atoms with Gasteiger partial charge in [-0.15, -0.1) is 11.3 Å². The van der Waals surface area contributed by atoms with E-state index in [9.17, 15) is 14.4 Å². The molecule has 0 unspecified atom stereocenters. The average molecular weight is 419 g/mol. The van der Waals surface area contributed by atoms with E-state index < -0.39 is 5.97 Å². The summed E-state index contributed by atoms with van der Waals surface area (Å²) in [5, 5.41) is 10.1. The summed E-state index contributed by atoms with van der Waals surface area (Å²) in [6.45, 7) is 1.48. The Morgan fingerprint density at radius 3 is 2.47 bits per heavy atom. The lowest BCUT2D eigenvalue weighted by molar-refractivity contribution is -0.135. The standard InChI is InChI=1S/C22H17N3O4S/c1-14-17-5-2-3-6-18(17)22(28)25(24-14)13-20(26)29-16-10-8-15(9-11-16)23-21(27)19-7-4-12-30-19/h2-12H,13H2,1H3,(H,23,27). The summed E-state index contributed by atoms with van der Waals surface area (Å²) < 4.78 is 6.41. The molecule has 8 heteroatoms. The first kappa shape index (κ1) is 19.5. The number of ether oxygens (including phenoxy) is 1. The molecular weight excluding hydrogens is 402 g/mol. The van der Waals surface area contributed by atoms with E-state index in [0.29, 0.717) is 27.4 Å². The molecule has 0 aliphatic carbocycles. The Bertz CT molecular complexity index is 1280. The molecule has 0 atom stereocenters. The van der Waals surface area contributed by atoms with Crippen LogP contribution in [0.2, 0.25) is 0 Å². The van der Waals surface area contributed by atoms with Gasteiger partial charge in [0.05, 0.1) is 16.0 Å². The fourth-order valence-corrected chi connectivity index (χ4v) is 3.62. The SMILES string of the molecule is Cc1nn(CC(=O)Oc2ccc(NC(=O)c3cccs3)cc2)c(=O)c2ccccc12. The number of aryl methyl sites for hydroxylation is 1. The first-order valence-electron chi connectivity index (χ1n) is 9.13. The van der Waals surface area contributed by atoms with E-state index in [-0.39, 0.29) is 18.0 Å². The van der Waals surface area contributed by atoms with Gasteiger partial charge in [-0.3, -0.25) is 9.59 Å². The van der Waals surface area contributed by atoms with Crippen molar-refractivity contribution < 1.29 is 14.3 Å². The lowest BCUT2D eigenvalue weighted by Crippen LogP contribution is -2.29. The van der Waals surface area contributed by atoms with E-state index in [1.165, 1.54) is 11.3 Å². The molecule has 4 rings (SSSR count). The van der Waals surface area contributed by atoms with Crippen molar-refractivity contribution in [3.8, 4) is 5.75 Å². The number of thiophene rings is 1. The highest BCUT2D eigenvalue weighted by atomic mass is 32.1. The number of carbonyl (C=O) groups excluding carboxylic acids is 2. The molecule has 150 valence electrons. The number of esters is 1. The van der Waals surface area contributed by atoms with Gasteiger partial charge in [-0.1, -0.05) is 24.3 Å². The van der Waals surface area contributed by atoms with Gasteiger partial charge in [0, 0.05) is 11.1 Å². The minimum absolute atomic E-state index is 0.202. The molecule has 2 aromatic heterocycles. The quantitative estimate of drug-likeness (QED) is 0.394. The van der Waals surface area contributed by atoms with Crippen molar-refractivity contribution in [1.82, 2.24) is 9.78 Å². The third-order valence-corrected chi connectivity index (χ3v) is 5.29. The molecule has 0 aliphatic heterocycles. The number of hydrogen-bond donors (Lipinski definition) is 1. The van der Waals surface area contributed by atoms with Gasteiger partial charge in [-0.25, -0.2) is 9.48 Å². The summed E-state index contributed by atoms with van der Waals surface area (Å²) in [5.74, 6) is -0.513. The van der Waals surface area contributed by atoms with E-state index in [1.807, 2.05) is 17.5 Å². The van der Waals surface area contributed by atoms with Crippen LogP contribution in [0.15, 0.2) is 70.8 Å². The number of fused-ring (bicyclic) bond motifs is 1. The second-order valence-electron chi connectivity index (χ2n) is 6.52. The number of nitrogens with one attached hydrogen (secondary N) is 1. The van der Waals surface area contributed by atoms with Gasteiger partial charge in [-0.2, -0.15) is 5.10 Å². The minimum atomic E-state index is -0.616. The molecule has 4 aromatic rings. The molecule has 0 spiro atoms. The summed E-state index contributed by atoms with van der Waals surface area (Å²) in [6, 6.07) is 17.1. The number of amides is 1. The van der Waals surface area contributed by atoms with E-state index in [2.05, 4.69) is 10.4 Å². The molecule has 2 heterocycles. The maximum Gasteiger partial charge on any atom is 0.333 e. The van der Waals surface area contributed by atoms with Gasteiger partial charge >= 0.3 is 5.97 Å². The molecule has 30 heavy (non-hydrogen) atoms. The highest BCUT2D eigenvalue weighted by Gasteiger charge is 2.13. The average Bonchev–Trinajstić information content (AvgIpc) is 3.28. The molecule has 0 radical (unpaired) electrons. The van der Waals surface area contributed by atoms with E-state index >= 15 is 0 Å². The van der Waals surface area contributed by atoms with Crippen molar-refractivity contribution in [3.05, 3.63) is 87.0 Å². The summed E-state index contributed by atoms with van der Waals surface area (Å²) in [6.07, 6.45) is 0. The van der Waals surface area contributed by atoms with E-state index in [4.69, 9.17) is 4.74 Å². The van der Waals surface area contributed by atoms with Crippen molar-refractivity contribution in [2.45, 2.75) is 13.5 Å². The zero-order valence-corrected chi connectivity index (χ0v) is 16.8. The van der Waals surface area contributed by atoms with Crippen LogP contribution in [0.5, 0.6) is 5.75 Å². The molecule has 7 nitrogen and oxygen atoms in total. The molecule has 0 saturated carbocycles. The topological polar surface area (TPSA) is 90.3 Å². The molecule has 0 bridgehead atoms. The fraction of sp³-hybridized carbons (Fsp3) is 0.0909. The zero-order chi connectivity index (χ0) is 21.1. The molecule has 1 N–H and O–H groups in total. The van der Waals surface area contributed by atoms with E-state index in [0.717, 1.165) is 10.1 Å². The highest BCUT2D eigenvalue weighted by molar-refractivity contribution is 7.12. The van der Waals surface area contributed by atoms with Gasteiger partial charge in [0.1, 0.15) is 12.3 Å². The number of rotatable bonds is 5. The number of aromatic nitrogens is 2. The predicted molar refractivity (Wildman–Crippen MR) is 115 cm³/mol. The summed E-state index contributed by atoms with van der Waals surface area (Å²) in [4.78, 5) is 37.5. The largest absolute Gasteiger partial charge is 0.425 e. The maximum absolute atomic E-state index is 12.6. The number of nitrogens with zero attached hydrogens (tertiary/aromatic N) is 2. The predicted octanol–water partition coefficient (Wildman–Crippen LogP) is 3.62. The monoisotopic (exact) mass is 419 g/mol. The fourth-order valence-electron chi connectivity index (χ4n) is 3.00. The maximum atomic E-state index is 12.6. The number of benzene rings is 2. The Morgan fingerprint density at radius 1 is 1.03 bits per heavy atom. The van der Waals surface area contributed by atoms with Gasteiger partial charge < -0.3 is 10.1 Å². The van der Waals surface area contributed by atoms with Gasteiger partial charge in [0.15, 0.2) is 0 Å². The van der Waals surface area contributed by atoms with Crippen LogP contribution < -0.4 is 15.6 Å². The number of carbonyl (C=O) groups is 2. The summed E-state index contributed by atoms with van der Waals surface area (Å²) >= 11 is 1.35. The van der Waals surface area contributed by atoms with Crippen LogP contribution in [0.3, 0.4) is 0 Å². The van der Waals surface area contributed by atoms with Crippen LogP contribution >= 0.6 is 11.3 Å². The Kier molecular flexibility index (Phi) is 5.40. The second kappa shape index (κ2) is 8.30. The molecule has 2 aromatic carbocycles. The summed E-state index contributed by atoms with van der Waals surface area (Å²) in [5.41, 5.74) is 0.889. The van der Waals surface area contributed by atoms with Crippen LogP contribution in [0, 0.1) is 6.92 Å². The Hall–Kier alpha value is -3.78. The molecule has 1 amide bonds. The van der Waals surface area contributed by atoms with Gasteiger partial charge in [0.25, 0.3) is 11.5 Å². The van der Waals surface area contributed by atoms with Crippen LogP contribution in [0.4, 0.5) is 5.69 Å². The molecule has 0 aliphatic rings. The first-order chi connectivity index (χ1) is 14.5. The minimum Gasteiger partial charge on any atom is -0.425 e. The molecule has 0 fully saturated rings. The van der Waals surface area contributed by atoms with Crippen molar-refractivity contribution in [3.63, 3.8) is 0 Å². The Labute approximate surface area is 175 Å². The third-order valence-electron chi connectivity index (χ3n) is 4.42. The first-order valence-corrected chi connectivity index (χ1v) is 10.0. The van der Waals surface area contributed by atoms with Crippen molar-refractivity contribution in [2.75, 3.05) is 5.32 Å². The van der Waals surface area contributed by atoms with Crippen LogP contribution in [-0.4, -0.2) is 21.7 Å². The zero-order valence-electron chi connectivity index (χ0n) is 16.0. The van der Waals surface area contributed by atoms with Crippen molar-refractivity contribution in [2.24, 2.45) is 0 Å². The van der Waals surface area contributed by atoms with Gasteiger partial charge in [0.2, 0.25) is 0 Å². The van der Waals surface area contributed by atoms with Crippen LogP contribution in [0.25, 0.3) is 10.8 Å². The number of hydrogen-bond acceptors (Lipinski definition) is 6. The van der Waals surface area contributed by atoms with Crippen LogP contribution in [-0.2, 0) is 11.3 Å². The second-order valence-corrected chi connectivity index (χ2v) is 7.47.